The number of amides is 1. The maximum Gasteiger partial charge on any atom is 0.251 e. The Morgan fingerprint density at radius 1 is 1.35 bits per heavy atom. The van der Waals surface area contributed by atoms with Gasteiger partial charge < -0.3 is 10.4 Å². The fourth-order valence-corrected chi connectivity index (χ4v) is 2.13. The first kappa shape index (κ1) is 12.4. The second-order valence-electron chi connectivity index (χ2n) is 4.53. The summed E-state index contributed by atoms with van der Waals surface area (Å²) >= 11 is 5.68. The van der Waals surface area contributed by atoms with Gasteiger partial charge in [0.2, 0.25) is 0 Å². The zero-order valence-corrected chi connectivity index (χ0v) is 10.3. The van der Waals surface area contributed by atoms with Crippen molar-refractivity contribution in [3.63, 3.8) is 0 Å². The third-order valence-electron chi connectivity index (χ3n) is 3.13. The van der Waals surface area contributed by atoms with Crippen LogP contribution in [0.4, 0.5) is 0 Å². The van der Waals surface area contributed by atoms with Gasteiger partial charge in [0.1, 0.15) is 0 Å². The molecule has 1 aliphatic carbocycles. The molecule has 0 bridgehead atoms. The molecule has 0 aliphatic heterocycles. The van der Waals surface area contributed by atoms with Gasteiger partial charge in [-0.1, -0.05) is 12.1 Å². The molecule has 92 valence electrons. The number of hydrogen-bond acceptors (Lipinski definition) is 2. The molecule has 0 atom stereocenters. The van der Waals surface area contributed by atoms with E-state index in [0.29, 0.717) is 23.9 Å². The molecule has 1 saturated carbocycles. The van der Waals surface area contributed by atoms with Gasteiger partial charge in [0.05, 0.1) is 6.10 Å². The lowest BCUT2D eigenvalue weighted by Crippen LogP contribution is -2.38. The van der Waals surface area contributed by atoms with Crippen LogP contribution in [0.2, 0.25) is 0 Å². The van der Waals surface area contributed by atoms with Crippen molar-refractivity contribution in [1.29, 1.82) is 0 Å². The van der Waals surface area contributed by atoms with Crippen LogP contribution in [0.15, 0.2) is 24.3 Å². The molecule has 0 radical (unpaired) electrons. The smallest absolute Gasteiger partial charge is 0.251 e. The number of alkyl halides is 1. The number of benzene rings is 1. The summed E-state index contributed by atoms with van der Waals surface area (Å²) in [6.07, 6.45) is 1.43. The minimum atomic E-state index is -0.167. The third kappa shape index (κ3) is 3.20. The molecule has 3 nitrogen and oxygen atoms in total. The van der Waals surface area contributed by atoms with Crippen molar-refractivity contribution >= 4 is 17.5 Å². The fraction of sp³-hybridized carbons (Fsp3) is 0.462. The van der Waals surface area contributed by atoms with E-state index in [1.165, 1.54) is 0 Å². The molecule has 17 heavy (non-hydrogen) atoms. The van der Waals surface area contributed by atoms with Crippen LogP contribution in [0, 0.1) is 5.92 Å². The number of carbonyl (C=O) groups excluding carboxylic acids is 1. The number of carbonyl (C=O) groups is 1. The van der Waals surface area contributed by atoms with Gasteiger partial charge >= 0.3 is 0 Å². The van der Waals surface area contributed by atoms with Crippen molar-refractivity contribution in [2.24, 2.45) is 5.92 Å². The molecule has 0 unspecified atom stereocenters. The molecule has 0 heterocycles. The Hall–Kier alpha value is -1.06. The van der Waals surface area contributed by atoms with Gasteiger partial charge in [-0.2, -0.15) is 0 Å². The summed E-state index contributed by atoms with van der Waals surface area (Å²) in [5.74, 6) is 0.825. The molecule has 4 heteroatoms. The Balaban J connectivity index is 1.82. The third-order valence-corrected chi connectivity index (χ3v) is 3.44. The highest BCUT2D eigenvalue weighted by Crippen LogP contribution is 2.26. The van der Waals surface area contributed by atoms with E-state index in [-0.39, 0.29) is 12.0 Å². The van der Waals surface area contributed by atoms with Gasteiger partial charge in [-0.05, 0) is 36.5 Å². The van der Waals surface area contributed by atoms with E-state index >= 15 is 0 Å². The van der Waals surface area contributed by atoms with E-state index in [2.05, 4.69) is 5.32 Å². The van der Waals surface area contributed by atoms with E-state index in [1.807, 2.05) is 12.1 Å². The molecule has 1 aliphatic rings. The van der Waals surface area contributed by atoms with E-state index in [4.69, 9.17) is 16.7 Å². The summed E-state index contributed by atoms with van der Waals surface area (Å²) in [6.45, 7) is 0.646. The lowest BCUT2D eigenvalue weighted by Gasteiger charge is -2.31. The number of aliphatic hydroxyl groups is 1. The molecule has 0 saturated heterocycles. The standard InChI is InChI=1S/C13H16ClNO2/c14-7-9-1-3-11(4-2-9)13(17)15-8-10-5-12(16)6-10/h1-4,10,12,16H,5-8H2,(H,15,17). The summed E-state index contributed by atoms with van der Waals surface area (Å²) in [6, 6.07) is 7.27. The van der Waals surface area contributed by atoms with E-state index in [0.717, 1.165) is 18.4 Å². The molecule has 1 aromatic rings. The van der Waals surface area contributed by atoms with Crippen molar-refractivity contribution in [3.8, 4) is 0 Å². The largest absolute Gasteiger partial charge is 0.393 e. The van der Waals surface area contributed by atoms with Gasteiger partial charge in [-0.25, -0.2) is 0 Å². The van der Waals surface area contributed by atoms with E-state index < -0.39 is 0 Å². The van der Waals surface area contributed by atoms with Crippen LogP contribution in [0.5, 0.6) is 0 Å². The Morgan fingerprint density at radius 2 is 2.00 bits per heavy atom. The fourth-order valence-electron chi connectivity index (χ4n) is 1.95. The highest BCUT2D eigenvalue weighted by atomic mass is 35.5. The maximum absolute atomic E-state index is 11.8. The van der Waals surface area contributed by atoms with Crippen molar-refractivity contribution in [1.82, 2.24) is 5.32 Å². The molecule has 2 rings (SSSR count). The SMILES string of the molecule is O=C(NCC1CC(O)C1)c1ccc(CCl)cc1. The first-order valence-electron chi connectivity index (χ1n) is 5.80. The quantitative estimate of drug-likeness (QED) is 0.806. The summed E-state index contributed by atoms with van der Waals surface area (Å²) in [5, 5.41) is 12.0. The summed E-state index contributed by atoms with van der Waals surface area (Å²) in [4.78, 5) is 11.8. The Morgan fingerprint density at radius 3 is 2.53 bits per heavy atom. The van der Waals surface area contributed by atoms with Gasteiger partial charge in [0.25, 0.3) is 5.91 Å². The van der Waals surface area contributed by atoms with E-state index in [9.17, 15) is 4.79 Å². The molecular weight excluding hydrogens is 238 g/mol. The first-order valence-corrected chi connectivity index (χ1v) is 6.33. The molecule has 1 amide bonds. The number of rotatable bonds is 4. The van der Waals surface area contributed by atoms with Crippen molar-refractivity contribution in [2.75, 3.05) is 6.54 Å². The summed E-state index contributed by atoms with van der Waals surface area (Å²) < 4.78 is 0. The normalized spacial score (nSPS) is 22.9. The minimum absolute atomic E-state index is 0.0625. The predicted molar refractivity (Wildman–Crippen MR) is 67.1 cm³/mol. The molecule has 1 fully saturated rings. The van der Waals surface area contributed by atoms with Crippen LogP contribution >= 0.6 is 11.6 Å². The molecule has 1 aromatic carbocycles. The first-order chi connectivity index (χ1) is 8.19. The average molecular weight is 254 g/mol. The van der Waals surface area contributed by atoms with Crippen LogP contribution in [-0.4, -0.2) is 23.7 Å². The molecule has 0 spiro atoms. The zero-order chi connectivity index (χ0) is 12.3. The van der Waals surface area contributed by atoms with Gasteiger partial charge in [-0.3, -0.25) is 4.79 Å². The number of hydrogen-bond donors (Lipinski definition) is 2. The lowest BCUT2D eigenvalue weighted by atomic mass is 9.82. The average Bonchev–Trinajstić information content (AvgIpc) is 2.33. The predicted octanol–water partition coefficient (Wildman–Crippen LogP) is 1.93. The lowest BCUT2D eigenvalue weighted by molar-refractivity contribution is 0.0420. The maximum atomic E-state index is 11.8. The number of nitrogens with one attached hydrogen (secondary N) is 1. The monoisotopic (exact) mass is 253 g/mol. The Labute approximate surface area is 106 Å². The van der Waals surface area contributed by atoms with Crippen LogP contribution < -0.4 is 5.32 Å². The number of aliphatic hydroxyl groups excluding tert-OH is 1. The van der Waals surface area contributed by atoms with Gasteiger partial charge in [-0.15, -0.1) is 11.6 Å². The van der Waals surface area contributed by atoms with Crippen LogP contribution in [0.1, 0.15) is 28.8 Å². The van der Waals surface area contributed by atoms with Crippen LogP contribution in [-0.2, 0) is 5.88 Å². The van der Waals surface area contributed by atoms with Crippen molar-refractivity contribution < 1.29 is 9.90 Å². The molecule has 2 N–H and O–H groups in total. The van der Waals surface area contributed by atoms with Crippen LogP contribution in [0.25, 0.3) is 0 Å². The highest BCUT2D eigenvalue weighted by molar-refractivity contribution is 6.17. The van der Waals surface area contributed by atoms with Crippen LogP contribution in [0.3, 0.4) is 0 Å². The second-order valence-corrected chi connectivity index (χ2v) is 4.80. The molecular formula is C13H16ClNO2. The summed E-state index contributed by atoms with van der Waals surface area (Å²) in [7, 11) is 0. The second kappa shape index (κ2) is 5.52. The Kier molecular flexibility index (Phi) is 4.02. The van der Waals surface area contributed by atoms with Crippen molar-refractivity contribution in [3.05, 3.63) is 35.4 Å². The summed E-state index contributed by atoms with van der Waals surface area (Å²) in [5.41, 5.74) is 1.66. The van der Waals surface area contributed by atoms with E-state index in [1.54, 1.807) is 12.1 Å². The topological polar surface area (TPSA) is 49.3 Å². The molecule has 0 aromatic heterocycles. The minimum Gasteiger partial charge on any atom is -0.393 e. The highest BCUT2D eigenvalue weighted by Gasteiger charge is 2.27. The Bertz CT molecular complexity index is 385. The van der Waals surface area contributed by atoms with Gasteiger partial charge in [0, 0.05) is 18.0 Å². The zero-order valence-electron chi connectivity index (χ0n) is 9.53. The van der Waals surface area contributed by atoms with Crippen molar-refractivity contribution in [2.45, 2.75) is 24.8 Å². The number of halogens is 1. The van der Waals surface area contributed by atoms with Gasteiger partial charge in [0.15, 0.2) is 0 Å².